The van der Waals surface area contributed by atoms with Crippen molar-refractivity contribution in [1.82, 2.24) is 4.57 Å². The molecule has 2 N–H and O–H groups in total. The Labute approximate surface area is 137 Å². The van der Waals surface area contributed by atoms with Gasteiger partial charge in [0.25, 0.3) is 0 Å². The molecule has 1 aromatic carbocycles. The number of carboxylic acid groups (broad SMARTS) is 1. The molecule has 0 radical (unpaired) electrons. The maximum absolute atomic E-state index is 11.8. The van der Waals surface area contributed by atoms with Gasteiger partial charge in [0, 0.05) is 24.2 Å². The van der Waals surface area contributed by atoms with E-state index in [1.54, 1.807) is 6.07 Å². The number of aromatic carboxylic acids is 1. The molecule has 0 aliphatic rings. The number of carboxylic acids is 1. The van der Waals surface area contributed by atoms with Crippen molar-refractivity contribution in [2.45, 2.75) is 59.4 Å². The smallest absolute Gasteiger partial charge is 0.337 e. The van der Waals surface area contributed by atoms with Crippen LogP contribution in [-0.2, 0) is 13.0 Å². The Balaban J connectivity index is 2.83. The van der Waals surface area contributed by atoms with Crippen LogP contribution in [0.3, 0.4) is 0 Å². The van der Waals surface area contributed by atoms with Crippen LogP contribution in [0.1, 0.15) is 66.7 Å². The van der Waals surface area contributed by atoms with Crippen molar-refractivity contribution in [3.05, 3.63) is 34.5 Å². The number of aliphatic hydroxyl groups is 1. The second-order valence-electron chi connectivity index (χ2n) is 6.47. The highest BCUT2D eigenvalue weighted by Gasteiger charge is 2.21. The van der Waals surface area contributed by atoms with Crippen LogP contribution in [0.2, 0.25) is 0 Å². The molecule has 2 rings (SSSR count). The lowest BCUT2D eigenvalue weighted by atomic mass is 9.96. The van der Waals surface area contributed by atoms with Crippen molar-refractivity contribution in [3.63, 3.8) is 0 Å². The average molecular weight is 317 g/mol. The van der Waals surface area contributed by atoms with Gasteiger partial charge in [-0.05, 0) is 48.9 Å². The number of aliphatic hydroxyl groups excluding tert-OH is 1. The topological polar surface area (TPSA) is 62.5 Å². The fourth-order valence-corrected chi connectivity index (χ4v) is 3.27. The van der Waals surface area contributed by atoms with Gasteiger partial charge < -0.3 is 14.8 Å². The Morgan fingerprint density at radius 2 is 2.00 bits per heavy atom. The van der Waals surface area contributed by atoms with Gasteiger partial charge in [0.1, 0.15) is 0 Å². The molecule has 1 aromatic heterocycles. The van der Waals surface area contributed by atoms with Gasteiger partial charge in [-0.25, -0.2) is 4.79 Å². The minimum absolute atomic E-state index is 0.106. The summed E-state index contributed by atoms with van der Waals surface area (Å²) in [6.45, 7) is 9.12. The third-order valence-corrected chi connectivity index (χ3v) is 4.51. The molecule has 0 aliphatic carbocycles. The molecule has 0 bridgehead atoms. The van der Waals surface area contributed by atoms with Gasteiger partial charge in [0.05, 0.1) is 11.1 Å². The van der Waals surface area contributed by atoms with Crippen LogP contribution in [0.25, 0.3) is 10.9 Å². The molecule has 23 heavy (non-hydrogen) atoms. The average Bonchev–Trinajstić information content (AvgIpc) is 2.77. The Morgan fingerprint density at radius 1 is 1.30 bits per heavy atom. The molecule has 0 aliphatic heterocycles. The number of carbonyl (C=O) groups is 1. The van der Waals surface area contributed by atoms with Crippen LogP contribution < -0.4 is 0 Å². The molecule has 0 saturated heterocycles. The zero-order valence-electron chi connectivity index (χ0n) is 14.5. The minimum Gasteiger partial charge on any atom is -0.478 e. The summed E-state index contributed by atoms with van der Waals surface area (Å²) in [5, 5.41) is 19.9. The first-order valence-corrected chi connectivity index (χ1v) is 8.42. The monoisotopic (exact) mass is 317 g/mol. The number of aryl methyl sites for hydroxylation is 2. The Hall–Kier alpha value is -1.81. The van der Waals surface area contributed by atoms with Gasteiger partial charge >= 0.3 is 5.97 Å². The largest absolute Gasteiger partial charge is 0.478 e. The maximum Gasteiger partial charge on any atom is 0.337 e. The third kappa shape index (κ3) is 3.27. The summed E-state index contributed by atoms with van der Waals surface area (Å²) < 4.78 is 2.07. The lowest BCUT2D eigenvalue weighted by Crippen LogP contribution is -2.07. The molecule has 126 valence electrons. The molecule has 4 heteroatoms. The van der Waals surface area contributed by atoms with Gasteiger partial charge in [-0.3, -0.25) is 0 Å². The molecular weight excluding hydrogens is 290 g/mol. The fourth-order valence-electron chi connectivity index (χ4n) is 3.27. The SMILES string of the molecule is CCCc1c(C)n(CCCO)c2c(C(=O)O)cc(C(C)C)cc12. The van der Waals surface area contributed by atoms with E-state index < -0.39 is 5.97 Å². The van der Waals surface area contributed by atoms with E-state index in [2.05, 4.69) is 38.3 Å². The van der Waals surface area contributed by atoms with Crippen molar-refractivity contribution in [3.8, 4) is 0 Å². The van der Waals surface area contributed by atoms with Crippen molar-refractivity contribution in [1.29, 1.82) is 0 Å². The second-order valence-corrected chi connectivity index (χ2v) is 6.47. The molecular formula is C19H27NO3. The molecule has 0 atom stereocenters. The highest BCUT2D eigenvalue weighted by Crippen LogP contribution is 2.33. The first kappa shape index (κ1) is 17.5. The molecule has 0 fully saturated rings. The van der Waals surface area contributed by atoms with E-state index >= 15 is 0 Å². The summed E-state index contributed by atoms with van der Waals surface area (Å²) in [6.07, 6.45) is 2.59. The molecule has 0 saturated carbocycles. The summed E-state index contributed by atoms with van der Waals surface area (Å²) in [5.74, 6) is -0.601. The van der Waals surface area contributed by atoms with Gasteiger partial charge in [0.2, 0.25) is 0 Å². The quantitative estimate of drug-likeness (QED) is 0.808. The predicted molar refractivity (Wildman–Crippen MR) is 93.4 cm³/mol. The van der Waals surface area contributed by atoms with E-state index in [-0.39, 0.29) is 12.5 Å². The van der Waals surface area contributed by atoms with Gasteiger partial charge in [-0.15, -0.1) is 0 Å². The van der Waals surface area contributed by atoms with E-state index in [0.717, 1.165) is 35.0 Å². The van der Waals surface area contributed by atoms with Gasteiger partial charge in [0.15, 0.2) is 0 Å². The van der Waals surface area contributed by atoms with Crippen LogP contribution in [0.5, 0.6) is 0 Å². The predicted octanol–water partition coefficient (Wildman–Crippen LogP) is 4.11. The van der Waals surface area contributed by atoms with Gasteiger partial charge in [-0.2, -0.15) is 0 Å². The highest BCUT2D eigenvalue weighted by molar-refractivity contribution is 6.04. The maximum atomic E-state index is 11.8. The van der Waals surface area contributed by atoms with E-state index in [9.17, 15) is 9.90 Å². The molecule has 4 nitrogen and oxygen atoms in total. The van der Waals surface area contributed by atoms with Crippen molar-refractivity contribution in [2.75, 3.05) is 6.61 Å². The lowest BCUT2D eigenvalue weighted by molar-refractivity contribution is 0.0698. The zero-order valence-corrected chi connectivity index (χ0v) is 14.5. The fraction of sp³-hybridized carbons (Fsp3) is 0.526. The van der Waals surface area contributed by atoms with Crippen LogP contribution in [0, 0.1) is 6.92 Å². The van der Waals surface area contributed by atoms with Gasteiger partial charge in [-0.1, -0.05) is 27.2 Å². The highest BCUT2D eigenvalue weighted by atomic mass is 16.4. The van der Waals surface area contributed by atoms with Crippen LogP contribution in [-0.4, -0.2) is 27.4 Å². The molecule has 0 unspecified atom stereocenters. The van der Waals surface area contributed by atoms with E-state index in [1.165, 1.54) is 5.56 Å². The van der Waals surface area contributed by atoms with Crippen LogP contribution in [0.15, 0.2) is 12.1 Å². The van der Waals surface area contributed by atoms with E-state index in [4.69, 9.17) is 5.11 Å². The number of fused-ring (bicyclic) bond motifs is 1. The molecule has 0 amide bonds. The van der Waals surface area contributed by atoms with Crippen molar-refractivity contribution < 1.29 is 15.0 Å². The molecule has 1 heterocycles. The second kappa shape index (κ2) is 7.18. The Bertz CT molecular complexity index is 713. The van der Waals surface area contributed by atoms with Crippen LogP contribution in [0.4, 0.5) is 0 Å². The zero-order chi connectivity index (χ0) is 17.1. The summed E-state index contributed by atoms with van der Waals surface area (Å²) >= 11 is 0. The summed E-state index contributed by atoms with van der Waals surface area (Å²) in [7, 11) is 0. The van der Waals surface area contributed by atoms with E-state index in [0.29, 0.717) is 18.5 Å². The first-order chi connectivity index (χ1) is 10.9. The minimum atomic E-state index is -0.886. The van der Waals surface area contributed by atoms with Crippen LogP contribution >= 0.6 is 0 Å². The summed E-state index contributed by atoms with van der Waals surface area (Å²) in [4.78, 5) is 11.8. The molecule has 2 aromatic rings. The summed E-state index contributed by atoms with van der Waals surface area (Å²) in [5.41, 5.74) is 4.60. The Kier molecular flexibility index (Phi) is 5.47. The number of benzene rings is 1. The number of hydrogen-bond donors (Lipinski definition) is 2. The first-order valence-electron chi connectivity index (χ1n) is 8.42. The normalized spacial score (nSPS) is 11.6. The third-order valence-electron chi connectivity index (χ3n) is 4.51. The lowest BCUT2D eigenvalue weighted by Gasteiger charge is -2.12. The number of hydrogen-bond acceptors (Lipinski definition) is 2. The van der Waals surface area contributed by atoms with Crippen molar-refractivity contribution >= 4 is 16.9 Å². The standard InChI is InChI=1S/C19H27NO3/c1-5-7-15-13(4)20(8-6-9-21)18-16(15)10-14(12(2)3)11-17(18)19(22)23/h10-12,21H,5-9H2,1-4H3,(H,22,23). The summed E-state index contributed by atoms with van der Waals surface area (Å²) in [6, 6.07) is 3.96. The van der Waals surface area contributed by atoms with E-state index in [1.807, 2.05) is 0 Å². The Morgan fingerprint density at radius 3 is 2.52 bits per heavy atom. The number of aromatic nitrogens is 1. The molecule has 0 spiro atoms. The number of nitrogens with zero attached hydrogens (tertiary/aromatic N) is 1. The number of rotatable bonds is 7. The van der Waals surface area contributed by atoms with Crippen molar-refractivity contribution in [2.24, 2.45) is 0 Å².